The van der Waals surface area contributed by atoms with Gasteiger partial charge in [0.15, 0.2) is 0 Å². The number of nitrogens with one attached hydrogen (secondary N) is 1. The second-order valence-corrected chi connectivity index (χ2v) is 6.05. The summed E-state index contributed by atoms with van der Waals surface area (Å²) in [6, 6.07) is 5.15. The number of halogens is 1. The van der Waals surface area contributed by atoms with Gasteiger partial charge in [0.05, 0.1) is 17.2 Å². The van der Waals surface area contributed by atoms with Gasteiger partial charge in [0.2, 0.25) is 0 Å². The molecule has 0 aromatic carbocycles. The number of piperidine rings is 1. The molecule has 2 aromatic heterocycles. The van der Waals surface area contributed by atoms with Gasteiger partial charge in [-0.05, 0) is 38.5 Å². The van der Waals surface area contributed by atoms with Crippen LogP contribution >= 0.6 is 0 Å². The fourth-order valence-corrected chi connectivity index (χ4v) is 3.26. The lowest BCUT2D eigenvalue weighted by atomic mass is 10.1. The molecule has 2 aromatic rings. The Morgan fingerprint density at radius 3 is 2.83 bits per heavy atom. The molecule has 0 aliphatic carbocycles. The van der Waals surface area contributed by atoms with Crippen LogP contribution in [-0.2, 0) is 6.54 Å². The van der Waals surface area contributed by atoms with E-state index in [4.69, 9.17) is 0 Å². The second-order valence-electron chi connectivity index (χ2n) is 6.05. The lowest BCUT2D eigenvalue weighted by molar-refractivity contribution is 0.193. The van der Waals surface area contributed by atoms with Crippen LogP contribution in [0.3, 0.4) is 0 Å². The molecule has 5 nitrogen and oxygen atoms in total. The van der Waals surface area contributed by atoms with Crippen molar-refractivity contribution in [3.63, 3.8) is 0 Å². The molecule has 6 heteroatoms. The van der Waals surface area contributed by atoms with Crippen molar-refractivity contribution in [1.29, 1.82) is 0 Å². The standard InChI is InChI=1S/C17H23FN4O/c1-2-19-14-5-7-21(8-6-14)9-10-22-16-11-13(18)12-20-15(16)3-4-17(22)23/h3-4,11-12,14,19H,2,5-10H2,1H3. The first-order valence-electron chi connectivity index (χ1n) is 8.28. The van der Waals surface area contributed by atoms with E-state index < -0.39 is 5.82 Å². The molecule has 3 rings (SSSR count). The topological polar surface area (TPSA) is 50.2 Å². The van der Waals surface area contributed by atoms with E-state index in [1.54, 1.807) is 10.6 Å². The third-order valence-electron chi connectivity index (χ3n) is 4.52. The van der Waals surface area contributed by atoms with E-state index in [-0.39, 0.29) is 5.56 Å². The Morgan fingerprint density at radius 2 is 2.09 bits per heavy atom. The fourth-order valence-electron chi connectivity index (χ4n) is 3.26. The number of hydrogen-bond acceptors (Lipinski definition) is 4. The third kappa shape index (κ3) is 3.76. The van der Waals surface area contributed by atoms with Gasteiger partial charge in [-0.3, -0.25) is 9.78 Å². The van der Waals surface area contributed by atoms with E-state index in [9.17, 15) is 9.18 Å². The normalized spacial score (nSPS) is 17.0. The largest absolute Gasteiger partial charge is 0.314 e. The molecule has 1 saturated heterocycles. The minimum Gasteiger partial charge on any atom is -0.314 e. The molecule has 0 amide bonds. The minimum absolute atomic E-state index is 0.104. The molecule has 0 atom stereocenters. The smallest absolute Gasteiger partial charge is 0.251 e. The first kappa shape index (κ1) is 16.1. The molecule has 124 valence electrons. The highest BCUT2D eigenvalue weighted by Crippen LogP contribution is 2.13. The van der Waals surface area contributed by atoms with Gasteiger partial charge in [-0.1, -0.05) is 6.92 Å². The van der Waals surface area contributed by atoms with Crippen molar-refractivity contribution < 1.29 is 4.39 Å². The number of fused-ring (bicyclic) bond motifs is 1. The van der Waals surface area contributed by atoms with Gasteiger partial charge >= 0.3 is 0 Å². The first-order valence-corrected chi connectivity index (χ1v) is 8.28. The van der Waals surface area contributed by atoms with Gasteiger partial charge in [0, 0.05) is 31.3 Å². The molecule has 1 aliphatic rings. The van der Waals surface area contributed by atoms with Crippen molar-refractivity contribution in [1.82, 2.24) is 19.8 Å². The minimum atomic E-state index is -0.414. The number of likely N-dealkylation sites (tertiary alicyclic amines) is 1. The lowest BCUT2D eigenvalue weighted by Crippen LogP contribution is -2.43. The molecule has 0 spiro atoms. The van der Waals surface area contributed by atoms with Crippen molar-refractivity contribution in [2.45, 2.75) is 32.4 Å². The van der Waals surface area contributed by atoms with Gasteiger partial charge in [-0.15, -0.1) is 0 Å². The monoisotopic (exact) mass is 318 g/mol. The number of nitrogens with zero attached hydrogens (tertiary/aromatic N) is 3. The second kappa shape index (κ2) is 7.19. The SMILES string of the molecule is CCNC1CCN(CCn2c(=O)ccc3ncc(F)cc32)CC1. The average molecular weight is 318 g/mol. The van der Waals surface area contributed by atoms with Crippen LogP contribution in [0.15, 0.2) is 29.2 Å². The van der Waals surface area contributed by atoms with Crippen molar-refractivity contribution >= 4 is 11.0 Å². The molecule has 1 aliphatic heterocycles. The summed E-state index contributed by atoms with van der Waals surface area (Å²) in [5.41, 5.74) is 1.12. The molecule has 0 unspecified atom stereocenters. The Bertz CT molecular complexity index is 722. The Labute approximate surface area is 135 Å². The summed E-state index contributed by atoms with van der Waals surface area (Å²) in [5, 5.41) is 3.49. The van der Waals surface area contributed by atoms with Crippen LogP contribution in [-0.4, -0.2) is 46.7 Å². The molecule has 1 N–H and O–H groups in total. The molecule has 3 heterocycles. The number of aromatic nitrogens is 2. The molecule has 23 heavy (non-hydrogen) atoms. The van der Waals surface area contributed by atoms with Crippen LogP contribution in [0.4, 0.5) is 4.39 Å². The first-order chi connectivity index (χ1) is 11.2. The fraction of sp³-hybridized carbons (Fsp3) is 0.529. The Balaban J connectivity index is 1.69. The van der Waals surface area contributed by atoms with Crippen LogP contribution < -0.4 is 10.9 Å². The maximum atomic E-state index is 13.5. The highest BCUT2D eigenvalue weighted by molar-refractivity contribution is 5.74. The molecule has 0 saturated carbocycles. The van der Waals surface area contributed by atoms with Crippen LogP contribution in [0.2, 0.25) is 0 Å². The highest BCUT2D eigenvalue weighted by Gasteiger charge is 2.18. The summed E-state index contributed by atoms with van der Waals surface area (Å²) in [5.74, 6) is -0.414. The zero-order valence-corrected chi connectivity index (χ0v) is 13.5. The maximum Gasteiger partial charge on any atom is 0.251 e. The van der Waals surface area contributed by atoms with Crippen LogP contribution in [0.1, 0.15) is 19.8 Å². The molecule has 0 bridgehead atoms. The maximum absolute atomic E-state index is 13.5. The van der Waals surface area contributed by atoms with Crippen molar-refractivity contribution in [2.75, 3.05) is 26.2 Å². The number of rotatable bonds is 5. The summed E-state index contributed by atoms with van der Waals surface area (Å²) in [6.45, 7) is 6.57. The zero-order chi connectivity index (χ0) is 16.2. The van der Waals surface area contributed by atoms with Gasteiger partial charge in [0.1, 0.15) is 5.82 Å². The van der Waals surface area contributed by atoms with Crippen molar-refractivity contribution in [3.8, 4) is 0 Å². The summed E-state index contributed by atoms with van der Waals surface area (Å²) in [7, 11) is 0. The Hall–Kier alpha value is -1.79. The predicted octanol–water partition coefficient (Wildman–Crippen LogP) is 1.61. The molecular formula is C17H23FN4O. The third-order valence-corrected chi connectivity index (χ3v) is 4.52. The van der Waals surface area contributed by atoms with E-state index in [1.807, 2.05) is 0 Å². The van der Waals surface area contributed by atoms with Crippen LogP contribution in [0, 0.1) is 5.82 Å². The zero-order valence-electron chi connectivity index (χ0n) is 13.5. The summed E-state index contributed by atoms with van der Waals surface area (Å²) < 4.78 is 15.1. The summed E-state index contributed by atoms with van der Waals surface area (Å²) in [4.78, 5) is 18.6. The molecular weight excluding hydrogens is 295 g/mol. The highest BCUT2D eigenvalue weighted by atomic mass is 19.1. The number of pyridine rings is 2. The molecule has 1 fully saturated rings. The van der Waals surface area contributed by atoms with Gasteiger partial charge < -0.3 is 14.8 Å². The van der Waals surface area contributed by atoms with Gasteiger partial charge in [-0.2, -0.15) is 0 Å². The van der Waals surface area contributed by atoms with Gasteiger partial charge in [0.25, 0.3) is 5.56 Å². The quantitative estimate of drug-likeness (QED) is 0.910. The Morgan fingerprint density at radius 1 is 1.30 bits per heavy atom. The van der Waals surface area contributed by atoms with E-state index >= 15 is 0 Å². The summed E-state index contributed by atoms with van der Waals surface area (Å²) >= 11 is 0. The van der Waals surface area contributed by atoms with E-state index in [0.717, 1.165) is 39.0 Å². The van der Waals surface area contributed by atoms with Crippen LogP contribution in [0.5, 0.6) is 0 Å². The Kier molecular flexibility index (Phi) is 5.03. The van der Waals surface area contributed by atoms with Gasteiger partial charge in [-0.25, -0.2) is 4.39 Å². The predicted molar refractivity (Wildman–Crippen MR) is 89.1 cm³/mol. The summed E-state index contributed by atoms with van der Waals surface area (Å²) in [6.07, 6.45) is 3.45. The van der Waals surface area contributed by atoms with E-state index in [2.05, 4.69) is 22.1 Å². The van der Waals surface area contributed by atoms with E-state index in [0.29, 0.717) is 23.6 Å². The number of hydrogen-bond donors (Lipinski definition) is 1. The average Bonchev–Trinajstić information content (AvgIpc) is 2.55. The van der Waals surface area contributed by atoms with E-state index in [1.165, 1.54) is 18.3 Å². The van der Waals surface area contributed by atoms with Crippen molar-refractivity contribution in [2.24, 2.45) is 0 Å². The lowest BCUT2D eigenvalue weighted by Gasteiger charge is -2.32. The molecule has 0 radical (unpaired) electrons. The van der Waals surface area contributed by atoms with Crippen LogP contribution in [0.25, 0.3) is 11.0 Å². The van der Waals surface area contributed by atoms with Crippen molar-refractivity contribution in [3.05, 3.63) is 40.6 Å².